The summed E-state index contributed by atoms with van der Waals surface area (Å²) in [5, 5.41) is 10.9. The van der Waals surface area contributed by atoms with Gasteiger partial charge in [-0.25, -0.2) is 0 Å². The number of nitrogens with zero attached hydrogens (tertiary/aromatic N) is 2. The maximum absolute atomic E-state index is 10.9. The summed E-state index contributed by atoms with van der Waals surface area (Å²) in [4.78, 5) is 12.7. The second-order valence-electron chi connectivity index (χ2n) is 5.46. The average molecular weight is 263 g/mol. The van der Waals surface area contributed by atoms with Crippen molar-refractivity contribution in [2.75, 3.05) is 11.9 Å². The molecule has 104 valence electrons. The Hall–Kier alpha value is -1.62. The van der Waals surface area contributed by atoms with Gasteiger partial charge in [-0.15, -0.1) is 0 Å². The molecule has 0 bridgehead atoms. The molecule has 0 unspecified atom stereocenters. The van der Waals surface area contributed by atoms with Gasteiger partial charge in [0.25, 0.3) is 5.69 Å². The number of nitrogens with two attached hydrogens (primary N) is 1. The van der Waals surface area contributed by atoms with Gasteiger partial charge in [0.2, 0.25) is 0 Å². The van der Waals surface area contributed by atoms with Crippen LogP contribution >= 0.6 is 0 Å². The Balaban J connectivity index is 2.18. The van der Waals surface area contributed by atoms with E-state index in [2.05, 4.69) is 4.90 Å². The molecule has 1 aliphatic carbocycles. The van der Waals surface area contributed by atoms with Crippen LogP contribution in [0.4, 0.5) is 11.4 Å². The highest BCUT2D eigenvalue weighted by Crippen LogP contribution is 2.29. The van der Waals surface area contributed by atoms with Gasteiger partial charge in [0.1, 0.15) is 0 Å². The number of rotatable bonds is 3. The van der Waals surface area contributed by atoms with Crippen molar-refractivity contribution in [3.8, 4) is 0 Å². The lowest BCUT2D eigenvalue weighted by Crippen LogP contribution is -2.38. The Kier molecular flexibility index (Phi) is 4.04. The zero-order chi connectivity index (χ0) is 14.0. The Labute approximate surface area is 113 Å². The smallest absolute Gasteiger partial charge is 0.271 e. The third-order valence-electron chi connectivity index (χ3n) is 3.95. The summed E-state index contributed by atoms with van der Waals surface area (Å²) < 4.78 is 0. The number of hydrogen-bond donors (Lipinski definition) is 1. The Morgan fingerprint density at radius 3 is 2.47 bits per heavy atom. The normalized spacial score (nSPS) is 23.1. The van der Waals surface area contributed by atoms with Crippen molar-refractivity contribution >= 4 is 11.4 Å². The largest absolute Gasteiger partial charge is 0.371 e. The van der Waals surface area contributed by atoms with E-state index in [1.165, 1.54) is 0 Å². The molecule has 1 aliphatic rings. The lowest BCUT2D eigenvalue weighted by Gasteiger charge is -2.35. The lowest BCUT2D eigenvalue weighted by molar-refractivity contribution is -0.384. The maximum atomic E-state index is 10.9. The van der Waals surface area contributed by atoms with Crippen LogP contribution in [-0.2, 0) is 0 Å². The first-order chi connectivity index (χ1) is 8.97. The van der Waals surface area contributed by atoms with Gasteiger partial charge in [-0.2, -0.15) is 0 Å². The molecule has 2 N–H and O–H groups in total. The standard InChI is InChI=1S/C14H21N3O2/c1-10-7-13(9-14(8-10)17(18)19)16(2)12-5-3-11(15)4-6-12/h7-9,11-12H,3-6,15H2,1-2H3. The summed E-state index contributed by atoms with van der Waals surface area (Å²) in [5.41, 5.74) is 7.92. The molecule has 0 heterocycles. The summed E-state index contributed by atoms with van der Waals surface area (Å²) in [7, 11) is 2.01. The van der Waals surface area contributed by atoms with Crippen molar-refractivity contribution < 1.29 is 4.92 Å². The SMILES string of the molecule is Cc1cc(N(C)C2CCC(N)CC2)cc([N+](=O)[O-])c1. The zero-order valence-electron chi connectivity index (χ0n) is 11.5. The highest BCUT2D eigenvalue weighted by atomic mass is 16.6. The quantitative estimate of drug-likeness (QED) is 0.672. The molecule has 0 aliphatic heterocycles. The monoisotopic (exact) mass is 263 g/mol. The molecule has 1 aromatic carbocycles. The van der Waals surface area contributed by atoms with Crippen LogP contribution in [0.2, 0.25) is 0 Å². The van der Waals surface area contributed by atoms with E-state index >= 15 is 0 Å². The summed E-state index contributed by atoms with van der Waals surface area (Å²) >= 11 is 0. The highest BCUT2D eigenvalue weighted by Gasteiger charge is 2.23. The number of nitro groups is 1. The predicted octanol–water partition coefficient (Wildman–Crippen LogP) is 2.61. The Bertz CT molecular complexity index is 468. The van der Waals surface area contributed by atoms with E-state index in [9.17, 15) is 10.1 Å². The molecule has 5 nitrogen and oxygen atoms in total. The summed E-state index contributed by atoms with van der Waals surface area (Å²) in [5.74, 6) is 0. The second kappa shape index (κ2) is 5.57. The fraction of sp³-hybridized carbons (Fsp3) is 0.571. The van der Waals surface area contributed by atoms with Gasteiger partial charge < -0.3 is 10.6 Å². The van der Waals surface area contributed by atoms with Gasteiger partial charge in [-0.3, -0.25) is 10.1 Å². The number of anilines is 1. The van der Waals surface area contributed by atoms with Crippen LogP contribution in [0.25, 0.3) is 0 Å². The fourth-order valence-electron chi connectivity index (χ4n) is 2.75. The first kappa shape index (κ1) is 13.8. The fourth-order valence-corrected chi connectivity index (χ4v) is 2.75. The van der Waals surface area contributed by atoms with Crippen LogP contribution < -0.4 is 10.6 Å². The van der Waals surface area contributed by atoms with Crippen LogP contribution in [0.15, 0.2) is 18.2 Å². The van der Waals surface area contributed by atoms with Crippen LogP contribution in [0.3, 0.4) is 0 Å². The molecule has 19 heavy (non-hydrogen) atoms. The van der Waals surface area contributed by atoms with Gasteiger partial charge in [0, 0.05) is 37.0 Å². The highest BCUT2D eigenvalue weighted by molar-refractivity contribution is 5.55. The summed E-state index contributed by atoms with van der Waals surface area (Å²) in [6.07, 6.45) is 4.17. The number of aryl methyl sites for hydroxylation is 1. The van der Waals surface area contributed by atoms with E-state index in [4.69, 9.17) is 5.73 Å². The van der Waals surface area contributed by atoms with Crippen LogP contribution in [0, 0.1) is 17.0 Å². The second-order valence-corrected chi connectivity index (χ2v) is 5.46. The third-order valence-corrected chi connectivity index (χ3v) is 3.95. The van der Waals surface area contributed by atoms with Crippen molar-refractivity contribution in [1.29, 1.82) is 0 Å². The van der Waals surface area contributed by atoms with Crippen molar-refractivity contribution in [1.82, 2.24) is 0 Å². The molecule has 0 amide bonds. The van der Waals surface area contributed by atoms with Crippen molar-refractivity contribution in [2.24, 2.45) is 5.73 Å². The van der Waals surface area contributed by atoms with Crippen molar-refractivity contribution in [3.63, 3.8) is 0 Å². The summed E-state index contributed by atoms with van der Waals surface area (Å²) in [6.45, 7) is 1.89. The molecular weight excluding hydrogens is 242 g/mol. The molecule has 2 rings (SSSR count). The van der Waals surface area contributed by atoms with Gasteiger partial charge in [0.15, 0.2) is 0 Å². The molecule has 5 heteroatoms. The third kappa shape index (κ3) is 3.23. The Morgan fingerprint density at radius 1 is 1.26 bits per heavy atom. The van der Waals surface area contributed by atoms with Crippen LogP contribution in [0.1, 0.15) is 31.2 Å². The molecule has 0 aromatic heterocycles. The molecule has 1 saturated carbocycles. The van der Waals surface area contributed by atoms with Crippen LogP contribution in [0.5, 0.6) is 0 Å². The van der Waals surface area contributed by atoms with E-state index in [0.717, 1.165) is 36.9 Å². The molecule has 1 aromatic rings. The summed E-state index contributed by atoms with van der Waals surface area (Å²) in [6, 6.07) is 6.01. The average Bonchev–Trinajstić information content (AvgIpc) is 2.38. The maximum Gasteiger partial charge on any atom is 0.271 e. The number of nitro benzene ring substituents is 1. The van der Waals surface area contributed by atoms with Crippen molar-refractivity contribution in [2.45, 2.75) is 44.7 Å². The molecule has 0 atom stereocenters. The minimum absolute atomic E-state index is 0.161. The molecular formula is C14H21N3O2. The van der Waals surface area contributed by atoms with Gasteiger partial charge in [-0.05, 0) is 44.2 Å². The number of benzene rings is 1. The van der Waals surface area contributed by atoms with Crippen molar-refractivity contribution in [3.05, 3.63) is 33.9 Å². The molecule has 0 spiro atoms. The zero-order valence-corrected chi connectivity index (χ0v) is 11.5. The van der Waals surface area contributed by atoms with E-state index < -0.39 is 0 Å². The molecule has 1 fully saturated rings. The first-order valence-corrected chi connectivity index (χ1v) is 6.72. The van der Waals surface area contributed by atoms with Gasteiger partial charge in [-0.1, -0.05) is 0 Å². The lowest BCUT2D eigenvalue weighted by atomic mass is 9.90. The van der Waals surface area contributed by atoms with E-state index in [1.54, 1.807) is 12.1 Å². The Morgan fingerprint density at radius 2 is 1.89 bits per heavy atom. The van der Waals surface area contributed by atoms with E-state index in [0.29, 0.717) is 12.1 Å². The topological polar surface area (TPSA) is 72.4 Å². The minimum atomic E-state index is -0.332. The van der Waals surface area contributed by atoms with Crippen LogP contribution in [-0.4, -0.2) is 24.1 Å². The van der Waals surface area contributed by atoms with Gasteiger partial charge in [0.05, 0.1) is 4.92 Å². The van der Waals surface area contributed by atoms with E-state index in [-0.39, 0.29) is 10.6 Å². The molecule has 0 radical (unpaired) electrons. The van der Waals surface area contributed by atoms with E-state index in [1.807, 2.05) is 20.0 Å². The molecule has 0 saturated heterocycles. The predicted molar refractivity (Wildman–Crippen MR) is 76.5 cm³/mol. The van der Waals surface area contributed by atoms with Gasteiger partial charge >= 0.3 is 0 Å². The minimum Gasteiger partial charge on any atom is -0.371 e. The number of non-ortho nitro benzene ring substituents is 1. The first-order valence-electron chi connectivity index (χ1n) is 6.72. The number of hydrogen-bond acceptors (Lipinski definition) is 4.